The smallest absolute Gasteiger partial charge is 0.309 e. The number of methoxy groups -OCH3 is 1. The highest BCUT2D eigenvalue weighted by atomic mass is 19.1. The minimum Gasteiger partial charge on any atom is -0.469 e. The molecule has 0 aliphatic heterocycles. The van der Waals surface area contributed by atoms with Crippen LogP contribution in [-0.4, -0.2) is 13.1 Å². The Hall–Kier alpha value is -1.91. The van der Waals surface area contributed by atoms with Crippen molar-refractivity contribution in [2.75, 3.05) is 12.8 Å². The number of carbonyl (C=O) groups is 1. The fourth-order valence-electron chi connectivity index (χ4n) is 1.07. The number of halogens is 2. The standard InChI is InChI=1S/C11H11F2NO2/c1-16-10(15)4-2-3-7-5-8(12)11(14)9(13)6-7/h2-3,5-6H,4,14H2,1H3. The molecule has 0 spiro atoms. The van der Waals surface area contributed by atoms with Gasteiger partial charge in [-0.1, -0.05) is 12.2 Å². The quantitative estimate of drug-likeness (QED) is 0.635. The van der Waals surface area contributed by atoms with Gasteiger partial charge >= 0.3 is 5.97 Å². The summed E-state index contributed by atoms with van der Waals surface area (Å²) in [5, 5.41) is 0. The number of esters is 1. The lowest BCUT2D eigenvalue weighted by molar-refractivity contribution is -0.139. The van der Waals surface area contributed by atoms with Crippen LogP contribution in [0.3, 0.4) is 0 Å². The molecule has 0 heterocycles. The molecule has 5 heteroatoms. The predicted octanol–water partition coefficient (Wildman–Crippen LogP) is 2.12. The Morgan fingerprint density at radius 3 is 2.50 bits per heavy atom. The molecule has 0 saturated carbocycles. The average molecular weight is 227 g/mol. The van der Waals surface area contributed by atoms with Crippen molar-refractivity contribution in [1.29, 1.82) is 0 Å². The Kier molecular flexibility index (Phi) is 3.99. The van der Waals surface area contributed by atoms with Crippen molar-refractivity contribution in [3.05, 3.63) is 35.4 Å². The van der Waals surface area contributed by atoms with E-state index in [4.69, 9.17) is 5.73 Å². The van der Waals surface area contributed by atoms with Crippen LogP contribution in [0.5, 0.6) is 0 Å². The van der Waals surface area contributed by atoms with Gasteiger partial charge in [0.1, 0.15) is 17.3 Å². The zero-order valence-electron chi connectivity index (χ0n) is 8.67. The summed E-state index contributed by atoms with van der Waals surface area (Å²) in [6.45, 7) is 0. The van der Waals surface area contributed by atoms with E-state index in [1.807, 2.05) is 0 Å². The van der Waals surface area contributed by atoms with Gasteiger partial charge in [0.25, 0.3) is 0 Å². The van der Waals surface area contributed by atoms with Crippen molar-refractivity contribution in [3.8, 4) is 0 Å². The topological polar surface area (TPSA) is 52.3 Å². The van der Waals surface area contributed by atoms with Crippen molar-refractivity contribution < 1.29 is 18.3 Å². The summed E-state index contributed by atoms with van der Waals surface area (Å²) in [5.74, 6) is -2.07. The summed E-state index contributed by atoms with van der Waals surface area (Å²) in [6.07, 6.45) is 2.92. The number of anilines is 1. The lowest BCUT2D eigenvalue weighted by atomic mass is 10.1. The van der Waals surface area contributed by atoms with Gasteiger partial charge in [-0.25, -0.2) is 8.78 Å². The first-order valence-electron chi connectivity index (χ1n) is 4.52. The third kappa shape index (κ3) is 3.05. The maximum atomic E-state index is 13.0. The molecular weight excluding hydrogens is 216 g/mol. The lowest BCUT2D eigenvalue weighted by Gasteiger charge is -2.00. The van der Waals surface area contributed by atoms with E-state index in [0.29, 0.717) is 5.56 Å². The summed E-state index contributed by atoms with van der Waals surface area (Å²) in [7, 11) is 1.26. The van der Waals surface area contributed by atoms with E-state index in [-0.39, 0.29) is 6.42 Å². The first-order chi connectivity index (χ1) is 7.54. The largest absolute Gasteiger partial charge is 0.469 e. The number of nitrogens with two attached hydrogens (primary N) is 1. The van der Waals surface area contributed by atoms with E-state index < -0.39 is 23.3 Å². The van der Waals surface area contributed by atoms with Gasteiger partial charge in [-0.3, -0.25) is 4.79 Å². The molecule has 0 atom stereocenters. The maximum absolute atomic E-state index is 13.0. The van der Waals surface area contributed by atoms with Crippen molar-refractivity contribution in [2.45, 2.75) is 6.42 Å². The van der Waals surface area contributed by atoms with Crippen LogP contribution in [-0.2, 0) is 9.53 Å². The average Bonchev–Trinajstić information content (AvgIpc) is 2.25. The van der Waals surface area contributed by atoms with E-state index in [0.717, 1.165) is 12.1 Å². The lowest BCUT2D eigenvalue weighted by Crippen LogP contribution is -1.97. The maximum Gasteiger partial charge on any atom is 0.309 e. The molecule has 0 bridgehead atoms. The molecule has 0 saturated heterocycles. The second kappa shape index (κ2) is 5.25. The van der Waals surface area contributed by atoms with E-state index in [1.54, 1.807) is 0 Å². The minimum atomic E-state index is -0.822. The molecule has 0 aliphatic carbocycles. The molecular formula is C11H11F2NO2. The molecule has 2 N–H and O–H groups in total. The van der Waals surface area contributed by atoms with Gasteiger partial charge in [0, 0.05) is 0 Å². The molecule has 0 aromatic heterocycles. The summed E-state index contributed by atoms with van der Waals surface area (Å²) in [6, 6.07) is 2.18. The van der Waals surface area contributed by atoms with Gasteiger partial charge in [-0.05, 0) is 17.7 Å². The Balaban J connectivity index is 2.78. The normalized spacial score (nSPS) is 10.7. The van der Waals surface area contributed by atoms with Crippen LogP contribution in [0.15, 0.2) is 18.2 Å². The van der Waals surface area contributed by atoms with Crippen LogP contribution in [0.4, 0.5) is 14.5 Å². The zero-order chi connectivity index (χ0) is 12.1. The van der Waals surface area contributed by atoms with Crippen LogP contribution in [0.2, 0.25) is 0 Å². The van der Waals surface area contributed by atoms with Gasteiger partial charge in [0.2, 0.25) is 0 Å². The van der Waals surface area contributed by atoms with Crippen LogP contribution in [0, 0.1) is 11.6 Å². The fraction of sp³-hybridized carbons (Fsp3) is 0.182. The van der Waals surface area contributed by atoms with Crippen molar-refractivity contribution in [3.63, 3.8) is 0 Å². The van der Waals surface area contributed by atoms with Gasteiger partial charge in [-0.15, -0.1) is 0 Å². The molecule has 1 aromatic carbocycles. The summed E-state index contributed by atoms with van der Waals surface area (Å²) in [5.41, 5.74) is 4.89. The number of carbonyl (C=O) groups excluding carboxylic acids is 1. The zero-order valence-corrected chi connectivity index (χ0v) is 8.67. The van der Waals surface area contributed by atoms with Gasteiger partial charge in [0.05, 0.1) is 13.5 Å². The second-order valence-corrected chi connectivity index (χ2v) is 3.08. The molecule has 0 unspecified atom stereocenters. The third-order valence-corrected chi connectivity index (χ3v) is 1.92. The highest BCUT2D eigenvalue weighted by Gasteiger charge is 2.05. The van der Waals surface area contributed by atoms with Crippen molar-refractivity contribution in [1.82, 2.24) is 0 Å². The van der Waals surface area contributed by atoms with Gasteiger partial charge in [0.15, 0.2) is 0 Å². The Bertz CT molecular complexity index is 407. The fourth-order valence-corrected chi connectivity index (χ4v) is 1.07. The molecule has 86 valence electrons. The Labute approximate surface area is 91.5 Å². The monoisotopic (exact) mass is 227 g/mol. The highest BCUT2D eigenvalue weighted by Crippen LogP contribution is 2.18. The second-order valence-electron chi connectivity index (χ2n) is 3.08. The van der Waals surface area contributed by atoms with E-state index in [2.05, 4.69) is 4.74 Å². The Morgan fingerprint density at radius 2 is 2.00 bits per heavy atom. The molecule has 0 fully saturated rings. The van der Waals surface area contributed by atoms with Gasteiger partial charge in [-0.2, -0.15) is 0 Å². The van der Waals surface area contributed by atoms with Gasteiger partial charge < -0.3 is 10.5 Å². The van der Waals surface area contributed by atoms with E-state index in [1.165, 1.54) is 19.3 Å². The molecule has 3 nitrogen and oxygen atoms in total. The molecule has 1 rings (SSSR count). The van der Waals surface area contributed by atoms with E-state index >= 15 is 0 Å². The summed E-state index contributed by atoms with van der Waals surface area (Å²) < 4.78 is 30.4. The molecule has 16 heavy (non-hydrogen) atoms. The third-order valence-electron chi connectivity index (χ3n) is 1.92. The number of hydrogen-bond acceptors (Lipinski definition) is 3. The first kappa shape index (κ1) is 12.2. The van der Waals surface area contributed by atoms with Crippen LogP contribution in [0.1, 0.15) is 12.0 Å². The predicted molar refractivity (Wildman–Crippen MR) is 56.4 cm³/mol. The molecule has 0 aliphatic rings. The SMILES string of the molecule is COC(=O)CC=Cc1cc(F)c(N)c(F)c1. The molecule has 1 aromatic rings. The van der Waals surface area contributed by atoms with Crippen LogP contribution >= 0.6 is 0 Å². The van der Waals surface area contributed by atoms with E-state index in [9.17, 15) is 13.6 Å². The molecule has 0 amide bonds. The Morgan fingerprint density at radius 1 is 1.44 bits per heavy atom. The number of hydrogen-bond donors (Lipinski definition) is 1. The minimum absolute atomic E-state index is 0.0457. The number of benzene rings is 1. The van der Waals surface area contributed by atoms with Crippen LogP contribution < -0.4 is 5.73 Å². The number of nitrogen functional groups attached to an aromatic ring is 1. The summed E-state index contributed by atoms with van der Waals surface area (Å²) in [4.78, 5) is 10.7. The number of rotatable bonds is 3. The number of ether oxygens (including phenoxy) is 1. The summed E-state index contributed by atoms with van der Waals surface area (Å²) >= 11 is 0. The first-order valence-corrected chi connectivity index (χ1v) is 4.52. The highest BCUT2D eigenvalue weighted by molar-refractivity contribution is 5.72. The van der Waals surface area contributed by atoms with Crippen LogP contribution in [0.25, 0.3) is 6.08 Å². The van der Waals surface area contributed by atoms with Crippen molar-refractivity contribution >= 4 is 17.7 Å². The molecule has 0 radical (unpaired) electrons. The van der Waals surface area contributed by atoms with Crippen molar-refractivity contribution in [2.24, 2.45) is 0 Å².